The molecule has 0 saturated heterocycles. The SMILES string of the molecule is CCOC(=O)C(=CN(C)C)c1ccccn1. The molecule has 16 heavy (non-hydrogen) atoms. The highest BCUT2D eigenvalue weighted by Gasteiger charge is 2.14. The van der Waals surface area contributed by atoms with E-state index in [1.54, 1.807) is 30.3 Å². The van der Waals surface area contributed by atoms with Gasteiger partial charge in [-0.3, -0.25) is 4.98 Å². The van der Waals surface area contributed by atoms with E-state index in [1.807, 2.05) is 26.2 Å². The third kappa shape index (κ3) is 3.38. The van der Waals surface area contributed by atoms with Crippen molar-refractivity contribution < 1.29 is 9.53 Å². The van der Waals surface area contributed by atoms with Gasteiger partial charge in [-0.25, -0.2) is 4.79 Å². The minimum Gasteiger partial charge on any atom is -0.462 e. The number of carbonyl (C=O) groups excluding carboxylic acids is 1. The number of ether oxygens (including phenoxy) is 1. The molecule has 0 fully saturated rings. The van der Waals surface area contributed by atoms with Gasteiger partial charge in [0.2, 0.25) is 0 Å². The van der Waals surface area contributed by atoms with Crippen LogP contribution in [0.1, 0.15) is 12.6 Å². The first-order valence-electron chi connectivity index (χ1n) is 5.12. The second-order valence-corrected chi connectivity index (χ2v) is 3.44. The Kier molecular flexibility index (Phi) is 4.51. The van der Waals surface area contributed by atoms with Gasteiger partial charge in [0, 0.05) is 26.5 Å². The summed E-state index contributed by atoms with van der Waals surface area (Å²) in [5.41, 5.74) is 1.09. The molecule has 0 amide bonds. The second kappa shape index (κ2) is 5.90. The first kappa shape index (κ1) is 12.2. The van der Waals surface area contributed by atoms with Gasteiger partial charge in [-0.05, 0) is 19.1 Å². The highest BCUT2D eigenvalue weighted by atomic mass is 16.5. The largest absolute Gasteiger partial charge is 0.462 e. The summed E-state index contributed by atoms with van der Waals surface area (Å²) in [6.07, 6.45) is 3.36. The highest BCUT2D eigenvalue weighted by molar-refractivity contribution is 6.15. The number of carbonyl (C=O) groups is 1. The summed E-state index contributed by atoms with van der Waals surface area (Å²) in [5.74, 6) is -0.352. The van der Waals surface area contributed by atoms with E-state index >= 15 is 0 Å². The van der Waals surface area contributed by atoms with Crippen molar-refractivity contribution in [2.24, 2.45) is 0 Å². The first-order valence-corrected chi connectivity index (χ1v) is 5.12. The molecule has 0 aliphatic heterocycles. The molecule has 0 aliphatic rings. The zero-order valence-electron chi connectivity index (χ0n) is 9.80. The maximum absolute atomic E-state index is 11.7. The van der Waals surface area contributed by atoms with Crippen LogP contribution in [0.4, 0.5) is 0 Å². The van der Waals surface area contributed by atoms with Crippen molar-refractivity contribution in [3.05, 3.63) is 36.3 Å². The van der Waals surface area contributed by atoms with Crippen molar-refractivity contribution in [1.29, 1.82) is 0 Å². The number of rotatable bonds is 4. The van der Waals surface area contributed by atoms with E-state index in [-0.39, 0.29) is 5.97 Å². The smallest absolute Gasteiger partial charge is 0.341 e. The van der Waals surface area contributed by atoms with Gasteiger partial charge in [-0.2, -0.15) is 0 Å². The van der Waals surface area contributed by atoms with Crippen LogP contribution in [-0.4, -0.2) is 36.6 Å². The molecule has 4 heteroatoms. The molecule has 0 N–H and O–H groups in total. The molecule has 1 rings (SSSR count). The van der Waals surface area contributed by atoms with Crippen LogP contribution in [0.2, 0.25) is 0 Å². The number of pyridine rings is 1. The molecule has 1 aromatic rings. The predicted octanol–water partition coefficient (Wildman–Crippen LogP) is 1.55. The van der Waals surface area contributed by atoms with Crippen molar-refractivity contribution in [3.63, 3.8) is 0 Å². The van der Waals surface area contributed by atoms with E-state index in [9.17, 15) is 4.79 Å². The van der Waals surface area contributed by atoms with Crippen molar-refractivity contribution in [3.8, 4) is 0 Å². The number of hydrogen-bond acceptors (Lipinski definition) is 4. The minimum atomic E-state index is -0.352. The molecule has 0 atom stereocenters. The highest BCUT2D eigenvalue weighted by Crippen LogP contribution is 2.13. The average Bonchev–Trinajstić information content (AvgIpc) is 2.27. The molecule has 0 aromatic carbocycles. The quantitative estimate of drug-likeness (QED) is 0.570. The summed E-state index contributed by atoms with van der Waals surface area (Å²) in [7, 11) is 3.70. The molecule has 0 saturated carbocycles. The lowest BCUT2D eigenvalue weighted by molar-refractivity contribution is -0.136. The lowest BCUT2D eigenvalue weighted by Crippen LogP contribution is -2.12. The van der Waals surface area contributed by atoms with Crippen molar-refractivity contribution >= 4 is 11.5 Å². The van der Waals surface area contributed by atoms with Crippen LogP contribution in [0.3, 0.4) is 0 Å². The molecule has 4 nitrogen and oxygen atoms in total. The lowest BCUT2D eigenvalue weighted by Gasteiger charge is -2.10. The second-order valence-electron chi connectivity index (χ2n) is 3.44. The van der Waals surface area contributed by atoms with Crippen LogP contribution >= 0.6 is 0 Å². The van der Waals surface area contributed by atoms with E-state index in [0.29, 0.717) is 17.9 Å². The Balaban J connectivity index is 3.02. The van der Waals surface area contributed by atoms with Crippen LogP contribution in [0.15, 0.2) is 30.6 Å². The van der Waals surface area contributed by atoms with Gasteiger partial charge in [0.1, 0.15) is 5.57 Å². The Morgan fingerprint density at radius 2 is 2.25 bits per heavy atom. The number of nitrogens with zero attached hydrogens (tertiary/aromatic N) is 2. The molecule has 0 spiro atoms. The molecule has 86 valence electrons. The summed E-state index contributed by atoms with van der Waals surface area (Å²) < 4.78 is 4.99. The maximum atomic E-state index is 11.7. The molecule has 0 bridgehead atoms. The Bertz CT molecular complexity index is 372. The van der Waals surface area contributed by atoms with Crippen LogP contribution in [0.5, 0.6) is 0 Å². The first-order chi connectivity index (χ1) is 7.65. The van der Waals surface area contributed by atoms with Crippen molar-refractivity contribution in [2.45, 2.75) is 6.92 Å². The summed E-state index contributed by atoms with van der Waals surface area (Å²) >= 11 is 0. The van der Waals surface area contributed by atoms with E-state index < -0.39 is 0 Å². The van der Waals surface area contributed by atoms with Crippen molar-refractivity contribution in [2.75, 3.05) is 20.7 Å². The molecular formula is C12H16N2O2. The average molecular weight is 220 g/mol. The standard InChI is InChI=1S/C12H16N2O2/c1-4-16-12(15)10(9-14(2)3)11-7-5-6-8-13-11/h5-9H,4H2,1-3H3. The fourth-order valence-corrected chi connectivity index (χ4v) is 1.21. The zero-order chi connectivity index (χ0) is 12.0. The van der Waals surface area contributed by atoms with E-state index in [1.165, 1.54) is 0 Å². The third-order valence-corrected chi connectivity index (χ3v) is 1.82. The van der Waals surface area contributed by atoms with E-state index in [2.05, 4.69) is 4.98 Å². The number of esters is 1. The molecule has 1 heterocycles. The molecule has 0 unspecified atom stereocenters. The summed E-state index contributed by atoms with van der Waals surface area (Å²) in [6.45, 7) is 2.14. The summed E-state index contributed by atoms with van der Waals surface area (Å²) in [6, 6.07) is 5.43. The molecule has 0 radical (unpaired) electrons. The van der Waals surface area contributed by atoms with Crippen LogP contribution in [0.25, 0.3) is 5.57 Å². The Labute approximate surface area is 95.6 Å². The fraction of sp³-hybridized carbons (Fsp3) is 0.333. The van der Waals surface area contributed by atoms with Gasteiger partial charge in [0.25, 0.3) is 0 Å². The number of hydrogen-bond donors (Lipinski definition) is 0. The normalized spacial score (nSPS) is 11.1. The van der Waals surface area contributed by atoms with Gasteiger partial charge in [-0.15, -0.1) is 0 Å². The van der Waals surface area contributed by atoms with Gasteiger partial charge in [0.05, 0.1) is 12.3 Å². The van der Waals surface area contributed by atoms with Crippen LogP contribution in [-0.2, 0) is 9.53 Å². The van der Waals surface area contributed by atoms with Gasteiger partial charge < -0.3 is 9.64 Å². The monoisotopic (exact) mass is 220 g/mol. The number of aromatic nitrogens is 1. The lowest BCUT2D eigenvalue weighted by atomic mass is 10.2. The zero-order valence-corrected chi connectivity index (χ0v) is 9.80. The Hall–Kier alpha value is -1.84. The fourth-order valence-electron chi connectivity index (χ4n) is 1.21. The van der Waals surface area contributed by atoms with E-state index in [0.717, 1.165) is 0 Å². The van der Waals surface area contributed by atoms with Crippen molar-refractivity contribution in [1.82, 2.24) is 9.88 Å². The van der Waals surface area contributed by atoms with Gasteiger partial charge in [-0.1, -0.05) is 6.07 Å². The molecule has 0 aliphatic carbocycles. The Morgan fingerprint density at radius 3 is 2.75 bits per heavy atom. The van der Waals surface area contributed by atoms with Crippen LogP contribution < -0.4 is 0 Å². The Morgan fingerprint density at radius 1 is 1.50 bits per heavy atom. The third-order valence-electron chi connectivity index (χ3n) is 1.82. The summed E-state index contributed by atoms with van der Waals surface area (Å²) in [4.78, 5) is 17.7. The molecule has 1 aromatic heterocycles. The molecular weight excluding hydrogens is 204 g/mol. The summed E-state index contributed by atoms with van der Waals surface area (Å²) in [5, 5.41) is 0. The van der Waals surface area contributed by atoms with Gasteiger partial charge in [0.15, 0.2) is 0 Å². The topological polar surface area (TPSA) is 42.4 Å². The van der Waals surface area contributed by atoms with E-state index in [4.69, 9.17) is 4.74 Å². The van der Waals surface area contributed by atoms with Crippen LogP contribution in [0, 0.1) is 0 Å². The maximum Gasteiger partial charge on any atom is 0.341 e. The van der Waals surface area contributed by atoms with Gasteiger partial charge >= 0.3 is 5.97 Å². The predicted molar refractivity (Wildman–Crippen MR) is 62.5 cm³/mol. The minimum absolute atomic E-state index is 0.352.